The number of alkyl carbamates (subject to hydrolysis) is 1. The van der Waals surface area contributed by atoms with Crippen LogP contribution >= 0.6 is 0 Å². The number of hydrogen-bond donors (Lipinski definition) is 7. The smallest absolute Gasteiger partial charge is 0.408 e. The van der Waals surface area contributed by atoms with Gasteiger partial charge in [0.1, 0.15) is 36.2 Å². The van der Waals surface area contributed by atoms with Gasteiger partial charge in [-0.2, -0.15) is 0 Å². The number of carbonyl (C=O) groups excluding carboxylic acids is 4. The zero-order chi connectivity index (χ0) is 32.1. The SMILES string of the molecule is NC(=O)[C@H](Cc1ccc(O)cc1)NC(=O)[C@H](CCC(=O)O)NC(=O)[C@H](Cc1ccc(O)cc1)NC(=O)OCc1ccccc1. The Kier molecular flexibility index (Phi) is 12.1. The minimum atomic E-state index is -1.41. The Morgan fingerprint density at radius 3 is 1.68 bits per heavy atom. The van der Waals surface area contributed by atoms with Gasteiger partial charge in [0.2, 0.25) is 17.7 Å². The van der Waals surface area contributed by atoms with Crippen LogP contribution in [0, 0.1) is 0 Å². The molecule has 0 heterocycles. The maximum Gasteiger partial charge on any atom is 0.408 e. The van der Waals surface area contributed by atoms with Gasteiger partial charge in [-0.1, -0.05) is 54.6 Å². The van der Waals surface area contributed by atoms with Crippen LogP contribution in [0.3, 0.4) is 0 Å². The molecule has 0 unspecified atom stereocenters. The summed E-state index contributed by atoms with van der Waals surface area (Å²) in [5.41, 5.74) is 7.34. The molecule has 0 spiro atoms. The highest BCUT2D eigenvalue weighted by molar-refractivity contribution is 5.94. The summed E-state index contributed by atoms with van der Waals surface area (Å²) in [6.45, 7) is -0.0700. The van der Waals surface area contributed by atoms with E-state index in [4.69, 9.17) is 10.5 Å². The zero-order valence-electron chi connectivity index (χ0n) is 23.6. The van der Waals surface area contributed by atoms with Crippen LogP contribution in [0.25, 0.3) is 0 Å². The molecule has 4 amide bonds. The third-order valence-electron chi connectivity index (χ3n) is 6.51. The van der Waals surface area contributed by atoms with E-state index in [1.54, 1.807) is 42.5 Å². The van der Waals surface area contributed by atoms with Gasteiger partial charge in [0.05, 0.1) is 0 Å². The van der Waals surface area contributed by atoms with E-state index in [-0.39, 0.29) is 37.4 Å². The molecule has 0 aromatic heterocycles. The topological polar surface area (TPSA) is 217 Å². The summed E-state index contributed by atoms with van der Waals surface area (Å²) < 4.78 is 5.25. The molecule has 3 atom stereocenters. The highest BCUT2D eigenvalue weighted by atomic mass is 16.5. The molecule has 0 aliphatic rings. The Balaban J connectivity index is 1.76. The van der Waals surface area contributed by atoms with Gasteiger partial charge in [-0.3, -0.25) is 19.2 Å². The third kappa shape index (κ3) is 11.0. The van der Waals surface area contributed by atoms with Crippen LogP contribution in [-0.2, 0) is 43.4 Å². The number of amides is 4. The van der Waals surface area contributed by atoms with E-state index < -0.39 is 54.3 Å². The van der Waals surface area contributed by atoms with E-state index >= 15 is 0 Å². The van der Waals surface area contributed by atoms with E-state index in [0.29, 0.717) is 16.7 Å². The van der Waals surface area contributed by atoms with Gasteiger partial charge in [0.15, 0.2) is 0 Å². The normalized spacial score (nSPS) is 12.6. The van der Waals surface area contributed by atoms with Gasteiger partial charge in [-0.05, 0) is 47.4 Å². The molecule has 0 radical (unpaired) electrons. The van der Waals surface area contributed by atoms with Gasteiger partial charge < -0.3 is 41.7 Å². The number of nitrogens with two attached hydrogens (primary N) is 1. The molecule has 3 aromatic carbocycles. The van der Waals surface area contributed by atoms with Gasteiger partial charge in [-0.25, -0.2) is 4.79 Å². The number of aromatic hydroxyl groups is 2. The van der Waals surface area contributed by atoms with Crippen molar-refractivity contribution in [2.45, 2.75) is 50.4 Å². The summed E-state index contributed by atoms with van der Waals surface area (Å²) >= 11 is 0. The average Bonchev–Trinajstić information content (AvgIpc) is 2.99. The number of aliphatic carboxylic acids is 1. The van der Waals surface area contributed by atoms with E-state index in [9.17, 15) is 39.3 Å². The number of nitrogens with one attached hydrogen (secondary N) is 3. The number of rotatable bonds is 15. The fraction of sp³-hybridized carbons (Fsp3) is 0.258. The lowest BCUT2D eigenvalue weighted by atomic mass is 10.0. The molecule has 0 bridgehead atoms. The molecule has 232 valence electrons. The second kappa shape index (κ2) is 16.2. The van der Waals surface area contributed by atoms with Crippen molar-refractivity contribution in [2.75, 3.05) is 0 Å². The fourth-order valence-corrected chi connectivity index (χ4v) is 4.16. The molecule has 3 aromatic rings. The van der Waals surface area contributed by atoms with Crippen LogP contribution < -0.4 is 21.7 Å². The van der Waals surface area contributed by atoms with E-state index in [1.807, 2.05) is 0 Å². The predicted octanol–water partition coefficient (Wildman–Crippen LogP) is 1.50. The summed E-state index contributed by atoms with van der Waals surface area (Å²) in [5.74, 6) is -3.79. The van der Waals surface area contributed by atoms with Crippen LogP contribution in [0.1, 0.15) is 29.5 Å². The van der Waals surface area contributed by atoms with Crippen LogP contribution in [0.15, 0.2) is 78.9 Å². The first-order valence-corrected chi connectivity index (χ1v) is 13.6. The van der Waals surface area contributed by atoms with Crippen LogP contribution in [0.2, 0.25) is 0 Å². The second-order valence-electron chi connectivity index (χ2n) is 9.96. The number of hydrogen-bond acceptors (Lipinski definition) is 8. The molecular formula is C31H34N4O9. The van der Waals surface area contributed by atoms with Crippen molar-refractivity contribution in [2.24, 2.45) is 5.73 Å². The highest BCUT2D eigenvalue weighted by Gasteiger charge is 2.30. The lowest BCUT2D eigenvalue weighted by Gasteiger charge is -2.24. The van der Waals surface area contributed by atoms with E-state index in [1.165, 1.54) is 36.4 Å². The molecule has 8 N–H and O–H groups in total. The Hall–Kier alpha value is -5.59. The Morgan fingerprint density at radius 2 is 1.16 bits per heavy atom. The Labute approximate surface area is 253 Å². The number of benzene rings is 3. The lowest BCUT2D eigenvalue weighted by molar-refractivity contribution is -0.138. The van der Waals surface area contributed by atoms with E-state index in [2.05, 4.69) is 16.0 Å². The molecule has 0 saturated heterocycles. The van der Waals surface area contributed by atoms with Gasteiger partial charge in [0.25, 0.3) is 0 Å². The molecule has 44 heavy (non-hydrogen) atoms. The van der Waals surface area contributed by atoms with Crippen molar-refractivity contribution in [1.82, 2.24) is 16.0 Å². The first-order valence-electron chi connectivity index (χ1n) is 13.6. The Bertz CT molecular complexity index is 1430. The summed E-state index contributed by atoms with van der Waals surface area (Å²) in [6.07, 6.45) is -1.83. The first-order chi connectivity index (χ1) is 21.0. The Morgan fingerprint density at radius 1 is 0.659 bits per heavy atom. The number of carboxylic acids is 1. The van der Waals surface area contributed by atoms with Crippen LogP contribution in [0.4, 0.5) is 4.79 Å². The van der Waals surface area contributed by atoms with Gasteiger partial charge >= 0.3 is 12.1 Å². The summed E-state index contributed by atoms with van der Waals surface area (Å²) in [7, 11) is 0. The molecular weight excluding hydrogens is 572 g/mol. The zero-order valence-corrected chi connectivity index (χ0v) is 23.6. The maximum atomic E-state index is 13.5. The number of carbonyl (C=O) groups is 5. The second-order valence-corrected chi connectivity index (χ2v) is 9.96. The number of primary amides is 1. The molecule has 0 fully saturated rings. The molecule has 0 aliphatic heterocycles. The van der Waals surface area contributed by atoms with Crippen molar-refractivity contribution in [3.8, 4) is 11.5 Å². The largest absolute Gasteiger partial charge is 0.508 e. The fourth-order valence-electron chi connectivity index (χ4n) is 4.16. The van der Waals surface area contributed by atoms with Crippen molar-refractivity contribution in [3.63, 3.8) is 0 Å². The van der Waals surface area contributed by atoms with Crippen molar-refractivity contribution >= 4 is 29.8 Å². The average molecular weight is 607 g/mol. The third-order valence-corrected chi connectivity index (χ3v) is 6.51. The van der Waals surface area contributed by atoms with E-state index in [0.717, 1.165) is 0 Å². The van der Waals surface area contributed by atoms with Gasteiger partial charge in [0, 0.05) is 19.3 Å². The predicted molar refractivity (Wildman–Crippen MR) is 157 cm³/mol. The van der Waals surface area contributed by atoms with Gasteiger partial charge in [-0.15, -0.1) is 0 Å². The molecule has 0 aliphatic carbocycles. The summed E-state index contributed by atoms with van der Waals surface area (Å²) in [5, 5.41) is 35.8. The number of phenolic OH excluding ortho intramolecular Hbond substituents is 2. The summed E-state index contributed by atoms with van der Waals surface area (Å²) in [6, 6.07) is 16.7. The highest BCUT2D eigenvalue weighted by Crippen LogP contribution is 2.14. The molecule has 13 heteroatoms. The number of carboxylic acid groups (broad SMARTS) is 1. The molecule has 3 rings (SSSR count). The minimum Gasteiger partial charge on any atom is -0.508 e. The van der Waals surface area contributed by atoms with Crippen molar-refractivity contribution in [3.05, 3.63) is 95.6 Å². The maximum absolute atomic E-state index is 13.5. The standard InChI is InChI=1S/C31H34N4O9/c32-28(40)25(16-19-6-10-22(36)11-7-19)34-29(41)24(14-15-27(38)39)33-30(42)26(17-20-8-12-23(37)13-9-20)35-31(43)44-18-21-4-2-1-3-5-21/h1-13,24-26,36-37H,14-18H2,(H2,32,40)(H,33,42)(H,34,41)(H,35,43)(H,38,39)/t24-,25-,26-/m0/s1. The van der Waals surface area contributed by atoms with Crippen molar-refractivity contribution < 1.29 is 44.0 Å². The number of ether oxygens (including phenoxy) is 1. The molecule has 13 nitrogen and oxygen atoms in total. The monoisotopic (exact) mass is 606 g/mol. The van der Waals surface area contributed by atoms with Crippen LogP contribution in [0.5, 0.6) is 11.5 Å². The number of phenols is 2. The lowest BCUT2D eigenvalue weighted by Crippen LogP contribution is -2.57. The van der Waals surface area contributed by atoms with Crippen LogP contribution in [-0.4, -0.2) is 63.2 Å². The van der Waals surface area contributed by atoms with Crippen molar-refractivity contribution in [1.29, 1.82) is 0 Å². The molecule has 0 saturated carbocycles. The summed E-state index contributed by atoms with van der Waals surface area (Å²) in [4.78, 5) is 62.8. The first kappa shape index (κ1) is 32.9. The minimum absolute atomic E-state index is 0.00396. The quantitative estimate of drug-likeness (QED) is 0.133.